The molecule has 0 saturated heterocycles. The summed E-state index contributed by atoms with van der Waals surface area (Å²) in [6.45, 7) is 4.22. The van der Waals surface area contributed by atoms with Gasteiger partial charge in [-0.15, -0.1) is 0 Å². The minimum absolute atomic E-state index is 0.452. The zero-order valence-corrected chi connectivity index (χ0v) is 9.66. The SMILES string of the molecule is CCC(O)(Cc1ccccc1C)C1CC1. The van der Waals surface area contributed by atoms with Crippen LogP contribution >= 0.6 is 0 Å². The molecule has 0 amide bonds. The molecule has 1 unspecified atom stereocenters. The lowest BCUT2D eigenvalue weighted by Crippen LogP contribution is -2.33. The second kappa shape index (κ2) is 3.97. The highest BCUT2D eigenvalue weighted by Gasteiger charge is 2.42. The van der Waals surface area contributed by atoms with E-state index in [9.17, 15) is 5.11 Å². The van der Waals surface area contributed by atoms with E-state index in [0.29, 0.717) is 5.92 Å². The molecule has 0 aromatic heterocycles. The molecule has 1 N–H and O–H groups in total. The Bertz CT molecular complexity index is 341. The van der Waals surface area contributed by atoms with E-state index in [0.717, 1.165) is 12.8 Å². The summed E-state index contributed by atoms with van der Waals surface area (Å²) < 4.78 is 0. The molecule has 1 aromatic carbocycles. The average Bonchev–Trinajstić information content (AvgIpc) is 3.05. The van der Waals surface area contributed by atoms with Crippen molar-refractivity contribution in [2.45, 2.75) is 45.1 Å². The summed E-state index contributed by atoms with van der Waals surface area (Å²) in [6.07, 6.45) is 4.10. The van der Waals surface area contributed by atoms with Gasteiger partial charge in [0, 0.05) is 6.42 Å². The van der Waals surface area contributed by atoms with Crippen molar-refractivity contribution in [3.05, 3.63) is 35.4 Å². The third kappa shape index (κ3) is 2.23. The fraction of sp³-hybridized carbons (Fsp3) is 0.571. The molecule has 0 aliphatic heterocycles. The van der Waals surface area contributed by atoms with Crippen molar-refractivity contribution < 1.29 is 5.11 Å². The zero-order valence-electron chi connectivity index (χ0n) is 9.66. The third-order valence-corrected chi connectivity index (χ3v) is 3.71. The lowest BCUT2D eigenvalue weighted by atomic mass is 9.86. The van der Waals surface area contributed by atoms with Crippen molar-refractivity contribution in [2.24, 2.45) is 5.92 Å². The number of rotatable bonds is 4. The largest absolute Gasteiger partial charge is 0.389 e. The Kier molecular flexibility index (Phi) is 2.83. The zero-order chi connectivity index (χ0) is 10.9. The summed E-state index contributed by atoms with van der Waals surface area (Å²) in [6, 6.07) is 8.38. The molecule has 0 spiro atoms. The summed E-state index contributed by atoms with van der Waals surface area (Å²) in [4.78, 5) is 0. The van der Waals surface area contributed by atoms with Crippen molar-refractivity contribution in [1.29, 1.82) is 0 Å². The van der Waals surface area contributed by atoms with Gasteiger partial charge in [0.1, 0.15) is 0 Å². The van der Waals surface area contributed by atoms with Crippen LogP contribution in [0.1, 0.15) is 37.3 Å². The Balaban J connectivity index is 2.16. The molecule has 1 aliphatic rings. The van der Waals surface area contributed by atoms with Gasteiger partial charge in [-0.2, -0.15) is 0 Å². The molecule has 1 atom stereocenters. The minimum atomic E-state index is -0.452. The van der Waals surface area contributed by atoms with Crippen LogP contribution in [0.25, 0.3) is 0 Å². The highest BCUT2D eigenvalue weighted by molar-refractivity contribution is 5.27. The smallest absolute Gasteiger partial charge is 0.0713 e. The molecule has 0 bridgehead atoms. The lowest BCUT2D eigenvalue weighted by molar-refractivity contribution is 0.0138. The van der Waals surface area contributed by atoms with Crippen molar-refractivity contribution in [3.8, 4) is 0 Å². The monoisotopic (exact) mass is 204 g/mol. The first-order valence-corrected chi connectivity index (χ1v) is 5.92. The van der Waals surface area contributed by atoms with Gasteiger partial charge in [-0.05, 0) is 43.2 Å². The molecular formula is C14H20O. The summed E-state index contributed by atoms with van der Waals surface area (Å²) in [5, 5.41) is 10.5. The Morgan fingerprint density at radius 3 is 2.53 bits per heavy atom. The average molecular weight is 204 g/mol. The van der Waals surface area contributed by atoms with Crippen molar-refractivity contribution >= 4 is 0 Å². The van der Waals surface area contributed by atoms with Crippen LogP contribution in [-0.2, 0) is 6.42 Å². The second-order valence-corrected chi connectivity index (χ2v) is 4.83. The van der Waals surface area contributed by atoms with E-state index >= 15 is 0 Å². The molecule has 1 aromatic rings. The van der Waals surface area contributed by atoms with Gasteiger partial charge >= 0.3 is 0 Å². The van der Waals surface area contributed by atoms with Crippen molar-refractivity contribution in [3.63, 3.8) is 0 Å². The van der Waals surface area contributed by atoms with E-state index in [4.69, 9.17) is 0 Å². The number of hydrogen-bond acceptors (Lipinski definition) is 1. The fourth-order valence-electron chi connectivity index (χ4n) is 2.32. The first-order valence-electron chi connectivity index (χ1n) is 5.92. The van der Waals surface area contributed by atoms with Crippen LogP contribution in [-0.4, -0.2) is 10.7 Å². The van der Waals surface area contributed by atoms with E-state index in [1.807, 2.05) is 0 Å². The normalized spacial score (nSPS) is 19.9. The van der Waals surface area contributed by atoms with Crippen LogP contribution in [0.15, 0.2) is 24.3 Å². The topological polar surface area (TPSA) is 20.2 Å². The van der Waals surface area contributed by atoms with Crippen molar-refractivity contribution in [2.75, 3.05) is 0 Å². The van der Waals surface area contributed by atoms with Gasteiger partial charge in [0.25, 0.3) is 0 Å². The van der Waals surface area contributed by atoms with Crippen LogP contribution in [0, 0.1) is 12.8 Å². The van der Waals surface area contributed by atoms with Crippen LogP contribution in [0.3, 0.4) is 0 Å². The van der Waals surface area contributed by atoms with Gasteiger partial charge in [-0.3, -0.25) is 0 Å². The fourth-order valence-corrected chi connectivity index (χ4v) is 2.32. The number of aryl methyl sites for hydroxylation is 1. The van der Waals surface area contributed by atoms with E-state index in [1.54, 1.807) is 0 Å². The summed E-state index contributed by atoms with van der Waals surface area (Å²) >= 11 is 0. The molecule has 1 heteroatoms. The molecule has 1 fully saturated rings. The second-order valence-electron chi connectivity index (χ2n) is 4.83. The van der Waals surface area contributed by atoms with E-state index in [-0.39, 0.29) is 0 Å². The Morgan fingerprint density at radius 2 is 2.00 bits per heavy atom. The number of benzene rings is 1. The van der Waals surface area contributed by atoms with Crippen LogP contribution < -0.4 is 0 Å². The van der Waals surface area contributed by atoms with Crippen LogP contribution in [0.2, 0.25) is 0 Å². The first kappa shape index (κ1) is 10.7. The highest BCUT2D eigenvalue weighted by Crippen LogP contribution is 2.43. The number of hydrogen-bond donors (Lipinski definition) is 1. The molecule has 2 rings (SSSR count). The third-order valence-electron chi connectivity index (χ3n) is 3.71. The standard InChI is InChI=1S/C14H20O/c1-3-14(15,13-8-9-13)10-12-7-5-4-6-11(12)2/h4-7,13,15H,3,8-10H2,1-2H3. The van der Waals surface area contributed by atoms with Crippen molar-refractivity contribution in [1.82, 2.24) is 0 Å². The molecule has 0 heterocycles. The Morgan fingerprint density at radius 1 is 1.33 bits per heavy atom. The van der Waals surface area contributed by atoms with Gasteiger partial charge < -0.3 is 5.11 Å². The molecule has 1 nitrogen and oxygen atoms in total. The van der Waals surface area contributed by atoms with Gasteiger partial charge in [0.05, 0.1) is 5.60 Å². The van der Waals surface area contributed by atoms with Crippen LogP contribution in [0.4, 0.5) is 0 Å². The van der Waals surface area contributed by atoms with Crippen LogP contribution in [0.5, 0.6) is 0 Å². The predicted molar refractivity (Wildman–Crippen MR) is 62.8 cm³/mol. The van der Waals surface area contributed by atoms with Gasteiger partial charge in [-0.1, -0.05) is 31.2 Å². The maximum atomic E-state index is 10.5. The minimum Gasteiger partial charge on any atom is -0.389 e. The quantitative estimate of drug-likeness (QED) is 0.799. The maximum Gasteiger partial charge on any atom is 0.0713 e. The predicted octanol–water partition coefficient (Wildman–Crippen LogP) is 3.09. The van der Waals surface area contributed by atoms with Gasteiger partial charge in [-0.25, -0.2) is 0 Å². The van der Waals surface area contributed by atoms with E-state index in [1.165, 1.54) is 24.0 Å². The lowest BCUT2D eigenvalue weighted by Gasteiger charge is -2.27. The Labute approximate surface area is 92.1 Å². The maximum absolute atomic E-state index is 10.5. The molecule has 0 radical (unpaired) electrons. The summed E-state index contributed by atoms with van der Waals surface area (Å²) in [7, 11) is 0. The van der Waals surface area contributed by atoms with E-state index in [2.05, 4.69) is 38.1 Å². The van der Waals surface area contributed by atoms with E-state index < -0.39 is 5.60 Å². The summed E-state index contributed by atoms with van der Waals surface area (Å²) in [5.74, 6) is 0.544. The molecule has 82 valence electrons. The molecular weight excluding hydrogens is 184 g/mol. The Hall–Kier alpha value is -0.820. The molecule has 15 heavy (non-hydrogen) atoms. The molecule has 1 aliphatic carbocycles. The number of aliphatic hydroxyl groups is 1. The van der Waals surface area contributed by atoms with Gasteiger partial charge in [0.2, 0.25) is 0 Å². The highest BCUT2D eigenvalue weighted by atomic mass is 16.3. The summed E-state index contributed by atoms with van der Waals surface area (Å²) in [5.41, 5.74) is 2.14. The first-order chi connectivity index (χ1) is 7.15. The molecule has 1 saturated carbocycles. The van der Waals surface area contributed by atoms with Gasteiger partial charge in [0.15, 0.2) is 0 Å².